The Hall–Kier alpha value is -2.13. The summed E-state index contributed by atoms with van der Waals surface area (Å²) in [5.41, 5.74) is 6.43. The molecule has 0 amide bonds. The van der Waals surface area contributed by atoms with E-state index < -0.39 is 11.6 Å². The summed E-state index contributed by atoms with van der Waals surface area (Å²) in [5, 5.41) is 18.9. The van der Waals surface area contributed by atoms with E-state index in [-0.39, 0.29) is 6.42 Å². The molecule has 0 saturated carbocycles. The van der Waals surface area contributed by atoms with Crippen molar-refractivity contribution in [1.82, 2.24) is 0 Å². The fraction of sp³-hybridized carbons (Fsp3) is 0.606. The first-order valence-electron chi connectivity index (χ1n) is 13.7. The smallest absolute Gasteiger partial charge is 0.335 e. The molecule has 0 spiro atoms. The molecule has 0 aromatic heterocycles. The Kier molecular flexibility index (Phi) is 17.9. The maximum Gasteiger partial charge on any atom is 0.335 e. The maximum absolute atomic E-state index is 11.0. The standard InChI is InChI=1S/C33H54O3/c1-26(2)15-11-18-29(5)21-12-19-27(3)16-9-10-17-28(4)20-13-22-30(6)23-14-24-31(7)25-33(8,36)32(34)35/h15-17,21-22,24,36H,9-14,18-20,23,25H2,1-8H3,(H,34,35)/b27-16+,28-17+,29-21+,30-22+,31-24+. The van der Waals surface area contributed by atoms with Crippen LogP contribution in [0.5, 0.6) is 0 Å². The van der Waals surface area contributed by atoms with Gasteiger partial charge >= 0.3 is 5.97 Å². The minimum absolute atomic E-state index is 0.164. The topological polar surface area (TPSA) is 57.5 Å². The first-order valence-corrected chi connectivity index (χ1v) is 13.7. The van der Waals surface area contributed by atoms with Crippen LogP contribution in [-0.2, 0) is 4.79 Å². The summed E-state index contributed by atoms with van der Waals surface area (Å²) >= 11 is 0. The summed E-state index contributed by atoms with van der Waals surface area (Å²) in [6.45, 7) is 16.4. The van der Waals surface area contributed by atoms with E-state index in [1.54, 1.807) is 0 Å². The Morgan fingerprint density at radius 2 is 0.861 bits per heavy atom. The lowest BCUT2D eigenvalue weighted by Gasteiger charge is -2.17. The van der Waals surface area contributed by atoms with E-state index in [4.69, 9.17) is 5.11 Å². The van der Waals surface area contributed by atoms with Crippen LogP contribution >= 0.6 is 0 Å². The molecule has 36 heavy (non-hydrogen) atoms. The van der Waals surface area contributed by atoms with Gasteiger partial charge in [-0.3, -0.25) is 0 Å². The van der Waals surface area contributed by atoms with E-state index in [0.29, 0.717) is 0 Å². The summed E-state index contributed by atoms with van der Waals surface area (Å²) in [4.78, 5) is 11.0. The molecule has 1 unspecified atom stereocenters. The van der Waals surface area contributed by atoms with Gasteiger partial charge in [0.1, 0.15) is 0 Å². The molecule has 3 heteroatoms. The molecule has 0 bridgehead atoms. The number of carboxylic acid groups (broad SMARTS) is 1. The van der Waals surface area contributed by atoms with Gasteiger partial charge in [-0.25, -0.2) is 4.79 Å². The molecule has 0 fully saturated rings. The van der Waals surface area contributed by atoms with Crippen LogP contribution in [0.4, 0.5) is 0 Å². The number of allylic oxidation sites excluding steroid dienone is 11. The van der Waals surface area contributed by atoms with E-state index in [2.05, 4.69) is 71.9 Å². The zero-order valence-corrected chi connectivity index (χ0v) is 24.5. The number of carboxylic acids is 1. The first kappa shape index (κ1) is 33.9. The van der Waals surface area contributed by atoms with Gasteiger partial charge in [0.15, 0.2) is 5.60 Å². The molecule has 0 aromatic rings. The minimum atomic E-state index is -1.69. The van der Waals surface area contributed by atoms with Crippen molar-refractivity contribution in [3.05, 3.63) is 69.9 Å². The van der Waals surface area contributed by atoms with Crippen LogP contribution in [0.1, 0.15) is 126 Å². The maximum atomic E-state index is 11.0. The van der Waals surface area contributed by atoms with Crippen LogP contribution in [0, 0.1) is 0 Å². The third-order valence-electron chi connectivity index (χ3n) is 6.42. The van der Waals surface area contributed by atoms with Crippen LogP contribution in [-0.4, -0.2) is 21.8 Å². The van der Waals surface area contributed by atoms with Gasteiger partial charge in [-0.2, -0.15) is 0 Å². The van der Waals surface area contributed by atoms with Crippen LogP contribution in [0.15, 0.2) is 69.9 Å². The number of aliphatic hydroxyl groups is 1. The molecular weight excluding hydrogens is 444 g/mol. The van der Waals surface area contributed by atoms with Gasteiger partial charge in [0, 0.05) is 6.42 Å². The minimum Gasteiger partial charge on any atom is -0.479 e. The summed E-state index contributed by atoms with van der Waals surface area (Å²) < 4.78 is 0. The van der Waals surface area contributed by atoms with E-state index in [1.165, 1.54) is 41.2 Å². The molecule has 1 atom stereocenters. The predicted molar refractivity (Wildman–Crippen MR) is 157 cm³/mol. The Labute approximate surface area is 222 Å². The molecule has 0 radical (unpaired) electrons. The highest BCUT2D eigenvalue weighted by Gasteiger charge is 2.29. The third kappa shape index (κ3) is 19.1. The van der Waals surface area contributed by atoms with E-state index in [0.717, 1.165) is 63.4 Å². The van der Waals surface area contributed by atoms with Crippen molar-refractivity contribution >= 4 is 5.97 Å². The van der Waals surface area contributed by atoms with Crippen molar-refractivity contribution in [1.29, 1.82) is 0 Å². The van der Waals surface area contributed by atoms with Crippen LogP contribution in [0.2, 0.25) is 0 Å². The molecule has 204 valence electrons. The van der Waals surface area contributed by atoms with Gasteiger partial charge in [-0.15, -0.1) is 0 Å². The molecule has 2 N–H and O–H groups in total. The highest BCUT2D eigenvalue weighted by atomic mass is 16.4. The number of carbonyl (C=O) groups is 1. The Bertz CT molecular complexity index is 840. The molecule has 0 aliphatic carbocycles. The number of hydrogen-bond donors (Lipinski definition) is 2. The average Bonchev–Trinajstić information content (AvgIpc) is 2.76. The SMILES string of the molecule is CC(C)=CCC/C(C)=C/CC/C(C)=C/CC/C=C(\C)CC/C=C(\C)CC/C=C(\C)CC(C)(O)C(=O)O. The Morgan fingerprint density at radius 1 is 0.556 bits per heavy atom. The second-order valence-electron chi connectivity index (χ2n) is 11.0. The van der Waals surface area contributed by atoms with Crippen LogP contribution in [0.3, 0.4) is 0 Å². The first-order chi connectivity index (χ1) is 16.8. The van der Waals surface area contributed by atoms with Gasteiger partial charge in [0.05, 0.1) is 0 Å². The highest BCUT2D eigenvalue weighted by molar-refractivity contribution is 5.76. The summed E-state index contributed by atoms with van der Waals surface area (Å²) in [6, 6.07) is 0. The van der Waals surface area contributed by atoms with Gasteiger partial charge in [0.25, 0.3) is 0 Å². The molecule has 0 rings (SSSR count). The molecule has 0 heterocycles. The zero-order valence-electron chi connectivity index (χ0n) is 24.5. The largest absolute Gasteiger partial charge is 0.479 e. The lowest BCUT2D eigenvalue weighted by molar-refractivity contribution is -0.156. The zero-order chi connectivity index (χ0) is 27.6. The molecule has 0 aliphatic rings. The second kappa shape index (κ2) is 19.0. The Balaban J connectivity index is 4.21. The number of unbranched alkanes of at least 4 members (excludes halogenated alkanes) is 1. The van der Waals surface area contributed by atoms with Crippen LogP contribution in [0.25, 0.3) is 0 Å². The summed E-state index contributed by atoms with van der Waals surface area (Å²) in [6.07, 6.45) is 24.8. The van der Waals surface area contributed by atoms with Crippen molar-refractivity contribution in [2.75, 3.05) is 0 Å². The molecule has 0 aliphatic heterocycles. The molecular formula is C33H54O3. The lowest BCUT2D eigenvalue weighted by atomic mass is 9.96. The van der Waals surface area contributed by atoms with Gasteiger partial charge in [0.2, 0.25) is 0 Å². The van der Waals surface area contributed by atoms with Crippen LogP contribution < -0.4 is 0 Å². The van der Waals surface area contributed by atoms with E-state index in [9.17, 15) is 9.90 Å². The predicted octanol–water partition coefficient (Wildman–Crippen LogP) is 9.81. The third-order valence-corrected chi connectivity index (χ3v) is 6.42. The fourth-order valence-electron chi connectivity index (χ4n) is 3.99. The highest BCUT2D eigenvalue weighted by Crippen LogP contribution is 2.18. The molecule has 0 aromatic carbocycles. The number of rotatable bonds is 18. The average molecular weight is 499 g/mol. The summed E-state index contributed by atoms with van der Waals surface area (Å²) in [7, 11) is 0. The van der Waals surface area contributed by atoms with E-state index in [1.807, 2.05) is 13.0 Å². The van der Waals surface area contributed by atoms with Gasteiger partial charge < -0.3 is 10.2 Å². The monoisotopic (exact) mass is 498 g/mol. The normalized spacial score (nSPS) is 15.6. The second-order valence-corrected chi connectivity index (χ2v) is 11.0. The van der Waals surface area contributed by atoms with Crippen molar-refractivity contribution in [3.63, 3.8) is 0 Å². The van der Waals surface area contributed by atoms with Crippen molar-refractivity contribution < 1.29 is 15.0 Å². The number of aliphatic carboxylic acids is 1. The lowest BCUT2D eigenvalue weighted by Crippen LogP contribution is -2.34. The number of hydrogen-bond acceptors (Lipinski definition) is 2. The van der Waals surface area contributed by atoms with Crippen molar-refractivity contribution in [2.24, 2.45) is 0 Å². The molecule has 0 saturated heterocycles. The molecule has 3 nitrogen and oxygen atoms in total. The fourth-order valence-corrected chi connectivity index (χ4v) is 3.99. The summed E-state index contributed by atoms with van der Waals surface area (Å²) in [5.74, 6) is -1.18. The van der Waals surface area contributed by atoms with Gasteiger partial charge in [-0.05, 0) is 120 Å². The Morgan fingerprint density at radius 3 is 1.19 bits per heavy atom. The van der Waals surface area contributed by atoms with Gasteiger partial charge in [-0.1, -0.05) is 69.9 Å². The van der Waals surface area contributed by atoms with Crippen molar-refractivity contribution in [2.45, 2.75) is 132 Å². The van der Waals surface area contributed by atoms with Crippen molar-refractivity contribution in [3.8, 4) is 0 Å². The quantitative estimate of drug-likeness (QED) is 0.146. The van der Waals surface area contributed by atoms with E-state index >= 15 is 0 Å².